The summed E-state index contributed by atoms with van der Waals surface area (Å²) in [5.74, 6) is 0.609. The monoisotopic (exact) mass is 229 g/mol. The van der Waals surface area contributed by atoms with Crippen LogP contribution in [0.5, 0.6) is 5.75 Å². The van der Waals surface area contributed by atoms with Gasteiger partial charge in [-0.1, -0.05) is 17.7 Å². The topological polar surface area (TPSA) is 58.6 Å². The molecule has 0 bridgehead atoms. The third-order valence-electron chi connectivity index (χ3n) is 1.74. The highest BCUT2D eigenvalue weighted by Crippen LogP contribution is 2.25. The quantitative estimate of drug-likeness (QED) is 0.834. The minimum atomic E-state index is -1.06. The largest absolute Gasteiger partial charge is 0.492 e. The van der Waals surface area contributed by atoms with Gasteiger partial charge in [-0.2, -0.15) is 0 Å². The van der Waals surface area contributed by atoms with Gasteiger partial charge in [-0.05, 0) is 24.6 Å². The van der Waals surface area contributed by atoms with Crippen LogP contribution in [0.1, 0.15) is 12.5 Å². The van der Waals surface area contributed by atoms with Gasteiger partial charge in [0.15, 0.2) is 0 Å². The molecule has 2 N–H and O–H groups in total. The van der Waals surface area contributed by atoms with E-state index in [9.17, 15) is 4.79 Å². The van der Waals surface area contributed by atoms with Gasteiger partial charge in [0.25, 0.3) is 0 Å². The number of rotatable bonds is 4. The second-order valence-electron chi connectivity index (χ2n) is 2.86. The van der Waals surface area contributed by atoms with Gasteiger partial charge in [-0.25, -0.2) is 4.79 Å². The van der Waals surface area contributed by atoms with Crippen LogP contribution in [0.15, 0.2) is 18.2 Å². The molecule has 0 heterocycles. The molecular formula is C10H12ClNO3. The second-order valence-corrected chi connectivity index (χ2v) is 3.26. The lowest BCUT2D eigenvalue weighted by molar-refractivity contribution is 0.194. The summed E-state index contributed by atoms with van der Waals surface area (Å²) < 4.78 is 5.25. The Balaban J connectivity index is 2.68. The van der Waals surface area contributed by atoms with Gasteiger partial charge in [0.1, 0.15) is 5.75 Å². The Labute approximate surface area is 92.8 Å². The summed E-state index contributed by atoms with van der Waals surface area (Å²) in [4.78, 5) is 10.3. The Kier molecular flexibility index (Phi) is 4.24. The number of hydrogen-bond donors (Lipinski definition) is 2. The van der Waals surface area contributed by atoms with Gasteiger partial charge < -0.3 is 15.2 Å². The average molecular weight is 230 g/mol. The summed E-state index contributed by atoms with van der Waals surface area (Å²) in [5.41, 5.74) is 0.797. The number of carboxylic acid groups (broad SMARTS) is 1. The van der Waals surface area contributed by atoms with E-state index in [1.54, 1.807) is 18.2 Å². The predicted octanol–water partition coefficient (Wildman–Crippen LogP) is 2.51. The molecule has 82 valence electrons. The highest BCUT2D eigenvalue weighted by molar-refractivity contribution is 6.32. The zero-order chi connectivity index (χ0) is 11.3. The molecular weight excluding hydrogens is 218 g/mol. The summed E-state index contributed by atoms with van der Waals surface area (Å²) >= 11 is 5.92. The molecule has 0 saturated heterocycles. The predicted molar refractivity (Wildman–Crippen MR) is 57.5 cm³/mol. The number of hydrogen-bond acceptors (Lipinski definition) is 2. The molecule has 0 aliphatic rings. The number of carbonyl (C=O) groups is 1. The van der Waals surface area contributed by atoms with Crippen molar-refractivity contribution in [3.63, 3.8) is 0 Å². The number of nitrogens with one attached hydrogen (secondary N) is 1. The van der Waals surface area contributed by atoms with Crippen molar-refractivity contribution in [2.24, 2.45) is 0 Å². The van der Waals surface area contributed by atoms with Crippen LogP contribution >= 0.6 is 11.6 Å². The third-order valence-corrected chi connectivity index (χ3v) is 2.04. The lowest BCUT2D eigenvalue weighted by Crippen LogP contribution is -2.19. The normalized spacial score (nSPS) is 9.73. The first kappa shape index (κ1) is 11.7. The summed E-state index contributed by atoms with van der Waals surface area (Å²) in [6, 6.07) is 5.18. The Morgan fingerprint density at radius 2 is 2.33 bits per heavy atom. The van der Waals surface area contributed by atoms with Gasteiger partial charge in [0.2, 0.25) is 0 Å². The maximum absolute atomic E-state index is 10.3. The van der Waals surface area contributed by atoms with E-state index in [0.717, 1.165) is 5.56 Å². The molecule has 0 aliphatic heterocycles. The van der Waals surface area contributed by atoms with Gasteiger partial charge >= 0.3 is 6.09 Å². The number of halogens is 1. The van der Waals surface area contributed by atoms with Gasteiger partial charge in [-0.15, -0.1) is 0 Å². The SMILES string of the molecule is CCOc1ccc(CNC(=O)O)cc1Cl. The van der Waals surface area contributed by atoms with Gasteiger partial charge in [-0.3, -0.25) is 0 Å². The van der Waals surface area contributed by atoms with E-state index in [4.69, 9.17) is 21.4 Å². The standard InChI is InChI=1S/C10H12ClNO3/c1-2-15-9-4-3-7(5-8(9)11)6-12-10(13)14/h3-5,12H,2,6H2,1H3,(H,13,14). The zero-order valence-corrected chi connectivity index (χ0v) is 9.04. The van der Waals surface area contributed by atoms with E-state index in [-0.39, 0.29) is 6.54 Å². The van der Waals surface area contributed by atoms with Crippen molar-refractivity contribution >= 4 is 17.7 Å². The molecule has 1 amide bonds. The van der Waals surface area contributed by atoms with Crippen molar-refractivity contribution in [2.75, 3.05) is 6.61 Å². The molecule has 1 aromatic rings. The minimum absolute atomic E-state index is 0.238. The van der Waals surface area contributed by atoms with Crippen LogP contribution in [-0.4, -0.2) is 17.8 Å². The van der Waals surface area contributed by atoms with Crippen LogP contribution < -0.4 is 10.1 Å². The Morgan fingerprint density at radius 1 is 1.60 bits per heavy atom. The molecule has 4 nitrogen and oxygen atoms in total. The smallest absolute Gasteiger partial charge is 0.404 e. The van der Waals surface area contributed by atoms with Crippen molar-refractivity contribution in [1.82, 2.24) is 5.32 Å². The molecule has 0 fully saturated rings. The molecule has 1 aromatic carbocycles. The van der Waals surface area contributed by atoms with Crippen LogP contribution in [0.3, 0.4) is 0 Å². The summed E-state index contributed by atoms with van der Waals surface area (Å²) in [7, 11) is 0. The summed E-state index contributed by atoms with van der Waals surface area (Å²) in [6.07, 6.45) is -1.06. The molecule has 0 spiro atoms. The molecule has 0 aromatic heterocycles. The molecule has 0 saturated carbocycles. The first-order valence-electron chi connectivity index (χ1n) is 4.51. The van der Waals surface area contributed by atoms with E-state index in [1.165, 1.54) is 0 Å². The van der Waals surface area contributed by atoms with Crippen LogP contribution in [0.4, 0.5) is 4.79 Å². The van der Waals surface area contributed by atoms with E-state index >= 15 is 0 Å². The van der Waals surface area contributed by atoms with Crippen molar-refractivity contribution < 1.29 is 14.6 Å². The summed E-state index contributed by atoms with van der Waals surface area (Å²) in [6.45, 7) is 2.66. The fourth-order valence-electron chi connectivity index (χ4n) is 1.10. The Bertz CT molecular complexity index is 355. The lowest BCUT2D eigenvalue weighted by atomic mass is 10.2. The van der Waals surface area contributed by atoms with E-state index in [1.807, 2.05) is 6.92 Å². The van der Waals surface area contributed by atoms with Crippen molar-refractivity contribution in [2.45, 2.75) is 13.5 Å². The molecule has 0 radical (unpaired) electrons. The van der Waals surface area contributed by atoms with Crippen molar-refractivity contribution in [1.29, 1.82) is 0 Å². The van der Waals surface area contributed by atoms with Crippen LogP contribution in [0, 0.1) is 0 Å². The van der Waals surface area contributed by atoms with Gasteiger partial charge in [0.05, 0.1) is 11.6 Å². The molecule has 5 heteroatoms. The van der Waals surface area contributed by atoms with Crippen LogP contribution in [0.2, 0.25) is 5.02 Å². The molecule has 0 unspecified atom stereocenters. The van der Waals surface area contributed by atoms with Crippen LogP contribution in [0.25, 0.3) is 0 Å². The molecule has 1 rings (SSSR count). The van der Waals surface area contributed by atoms with Crippen molar-refractivity contribution in [3.05, 3.63) is 28.8 Å². The summed E-state index contributed by atoms with van der Waals surface area (Å²) in [5, 5.41) is 11.2. The second kappa shape index (κ2) is 5.46. The van der Waals surface area contributed by atoms with E-state index in [2.05, 4.69) is 5.32 Å². The van der Waals surface area contributed by atoms with Gasteiger partial charge in [0, 0.05) is 6.54 Å². The Morgan fingerprint density at radius 3 is 2.87 bits per heavy atom. The first-order valence-corrected chi connectivity index (χ1v) is 4.89. The number of benzene rings is 1. The molecule has 15 heavy (non-hydrogen) atoms. The highest BCUT2D eigenvalue weighted by Gasteiger charge is 2.03. The molecule has 0 aliphatic carbocycles. The molecule has 0 atom stereocenters. The lowest BCUT2D eigenvalue weighted by Gasteiger charge is -2.07. The fraction of sp³-hybridized carbons (Fsp3) is 0.300. The highest BCUT2D eigenvalue weighted by atomic mass is 35.5. The van der Waals surface area contributed by atoms with Crippen LogP contribution in [-0.2, 0) is 6.54 Å². The minimum Gasteiger partial charge on any atom is -0.492 e. The maximum Gasteiger partial charge on any atom is 0.404 e. The van der Waals surface area contributed by atoms with Crippen molar-refractivity contribution in [3.8, 4) is 5.75 Å². The van der Waals surface area contributed by atoms with E-state index in [0.29, 0.717) is 17.4 Å². The number of amides is 1. The number of ether oxygens (including phenoxy) is 1. The average Bonchev–Trinajstić information content (AvgIpc) is 2.19. The maximum atomic E-state index is 10.3. The first-order chi connectivity index (χ1) is 7.13. The zero-order valence-electron chi connectivity index (χ0n) is 8.29. The van der Waals surface area contributed by atoms with E-state index < -0.39 is 6.09 Å². The Hall–Kier alpha value is -1.42. The third kappa shape index (κ3) is 3.67. The fourth-order valence-corrected chi connectivity index (χ4v) is 1.36.